The number of halogens is 1. The second kappa shape index (κ2) is 2.96. The van der Waals surface area contributed by atoms with Crippen molar-refractivity contribution in [1.82, 2.24) is 4.98 Å². The number of carboxylic acids is 1. The van der Waals surface area contributed by atoms with E-state index in [1.165, 1.54) is 6.20 Å². The summed E-state index contributed by atoms with van der Waals surface area (Å²) in [7, 11) is 0. The Bertz CT molecular complexity index is 262. The highest BCUT2D eigenvalue weighted by atomic mass is 131. The van der Waals surface area contributed by atoms with Gasteiger partial charge in [-0.05, 0) is 28.7 Å². The molecule has 0 saturated heterocycles. The molecule has 1 aromatic heterocycles. The maximum atomic E-state index is 10.3. The predicted octanol–water partition coefficient (Wildman–Crippen LogP) is 1.38. The van der Waals surface area contributed by atoms with Crippen LogP contribution in [0.4, 0.5) is 0 Å². The minimum atomic E-state index is -0.939. The Labute approximate surface area is 71.2 Å². The largest absolute Gasteiger partial charge is 0.478 e. The standard InChI is InChI=1S/C6H4INO2/c7-5-1-4(6(9)10)2-8-3-5/h1-3H,(H,9,10)/i7+4. The first kappa shape index (κ1) is 7.46. The Hall–Kier alpha value is -0.650. The zero-order chi connectivity index (χ0) is 7.56. The fraction of sp³-hybridized carbons (Fsp3) is 0. The molecule has 3 nitrogen and oxygen atoms in total. The van der Waals surface area contributed by atoms with Gasteiger partial charge in [-0.2, -0.15) is 0 Å². The summed E-state index contributed by atoms with van der Waals surface area (Å²) in [6, 6.07) is 1.57. The molecular weight excluding hydrogens is 249 g/mol. The van der Waals surface area contributed by atoms with Gasteiger partial charge in [0.2, 0.25) is 0 Å². The molecule has 0 radical (unpaired) electrons. The maximum Gasteiger partial charge on any atom is 0.337 e. The third kappa shape index (κ3) is 1.66. The number of aromatic nitrogens is 1. The first-order chi connectivity index (χ1) is 4.70. The van der Waals surface area contributed by atoms with Crippen LogP contribution in [-0.2, 0) is 0 Å². The summed E-state index contributed by atoms with van der Waals surface area (Å²) >= 11 is 2.01. The molecule has 1 N–H and O–H groups in total. The number of carbonyl (C=O) groups is 1. The Kier molecular flexibility index (Phi) is 2.21. The van der Waals surface area contributed by atoms with E-state index in [0.29, 0.717) is 0 Å². The van der Waals surface area contributed by atoms with Crippen LogP contribution in [0, 0.1) is 3.57 Å². The fourth-order valence-corrected chi connectivity index (χ4v) is 1.03. The number of nitrogens with zero attached hydrogens (tertiary/aromatic N) is 1. The molecule has 1 rings (SSSR count). The molecule has 0 aliphatic heterocycles. The average Bonchev–Trinajstić information content (AvgIpc) is 1.88. The highest BCUT2D eigenvalue weighted by Crippen LogP contribution is 2.04. The number of aromatic carboxylic acids is 1. The van der Waals surface area contributed by atoms with Crippen LogP contribution in [0.1, 0.15) is 10.4 Å². The summed E-state index contributed by atoms with van der Waals surface area (Å²) in [5.74, 6) is -0.939. The molecule has 1 aromatic rings. The zero-order valence-corrected chi connectivity index (χ0v) is 7.07. The van der Waals surface area contributed by atoms with E-state index in [9.17, 15) is 4.79 Å². The maximum absolute atomic E-state index is 10.3. The van der Waals surface area contributed by atoms with Crippen molar-refractivity contribution in [3.05, 3.63) is 27.6 Å². The van der Waals surface area contributed by atoms with Gasteiger partial charge in [0.1, 0.15) is 0 Å². The topological polar surface area (TPSA) is 50.2 Å². The summed E-state index contributed by atoms with van der Waals surface area (Å²) in [4.78, 5) is 14.0. The molecule has 0 bridgehead atoms. The van der Waals surface area contributed by atoms with Crippen molar-refractivity contribution in [3.8, 4) is 0 Å². The molecule has 0 saturated carbocycles. The van der Waals surface area contributed by atoms with Crippen molar-refractivity contribution in [2.24, 2.45) is 0 Å². The predicted molar refractivity (Wildman–Crippen MR) is 43.9 cm³/mol. The van der Waals surface area contributed by atoms with Gasteiger partial charge < -0.3 is 5.11 Å². The van der Waals surface area contributed by atoms with Crippen molar-refractivity contribution in [1.29, 1.82) is 0 Å². The van der Waals surface area contributed by atoms with E-state index in [1.807, 2.05) is 22.6 Å². The Morgan fingerprint density at radius 2 is 2.30 bits per heavy atom. The SMILES string of the molecule is O=C(O)c1cncc([131I])c1. The number of hydrogen-bond acceptors (Lipinski definition) is 2. The molecule has 52 valence electrons. The molecular formula is C6H4INO2. The van der Waals surface area contributed by atoms with Crippen LogP contribution in [0.2, 0.25) is 0 Å². The Morgan fingerprint density at radius 1 is 1.60 bits per heavy atom. The van der Waals surface area contributed by atoms with Crippen LogP contribution in [0.5, 0.6) is 0 Å². The molecule has 0 fully saturated rings. The van der Waals surface area contributed by atoms with Crippen molar-refractivity contribution in [3.63, 3.8) is 0 Å². The molecule has 10 heavy (non-hydrogen) atoms. The van der Waals surface area contributed by atoms with Gasteiger partial charge in [-0.25, -0.2) is 4.79 Å². The lowest BCUT2D eigenvalue weighted by Crippen LogP contribution is -1.96. The van der Waals surface area contributed by atoms with Crippen LogP contribution in [0.3, 0.4) is 0 Å². The quantitative estimate of drug-likeness (QED) is 0.769. The molecule has 0 aromatic carbocycles. The summed E-state index contributed by atoms with van der Waals surface area (Å²) in [6.07, 6.45) is 2.93. The number of rotatable bonds is 1. The first-order valence-electron chi connectivity index (χ1n) is 2.54. The summed E-state index contributed by atoms with van der Waals surface area (Å²) < 4.78 is 0.831. The molecule has 0 aliphatic rings. The third-order valence-corrected chi connectivity index (χ3v) is 1.54. The first-order valence-corrected chi connectivity index (χ1v) is 3.62. The van der Waals surface area contributed by atoms with Gasteiger partial charge in [-0.15, -0.1) is 0 Å². The molecule has 4 heteroatoms. The van der Waals surface area contributed by atoms with Crippen molar-refractivity contribution < 1.29 is 9.90 Å². The van der Waals surface area contributed by atoms with Crippen molar-refractivity contribution in [2.45, 2.75) is 0 Å². The third-order valence-electron chi connectivity index (χ3n) is 0.952. The molecule has 0 atom stereocenters. The van der Waals surface area contributed by atoms with Crippen LogP contribution in [-0.4, -0.2) is 16.1 Å². The van der Waals surface area contributed by atoms with Crippen LogP contribution in [0.25, 0.3) is 0 Å². The fourth-order valence-electron chi connectivity index (χ4n) is 0.529. The Balaban J connectivity index is 3.07. The average molecular weight is 253 g/mol. The lowest BCUT2D eigenvalue weighted by atomic mass is 10.3. The molecule has 0 aliphatic carbocycles. The zero-order valence-electron chi connectivity index (χ0n) is 4.91. The highest BCUT2D eigenvalue weighted by molar-refractivity contribution is 14.1. The smallest absolute Gasteiger partial charge is 0.337 e. The van der Waals surface area contributed by atoms with Crippen LogP contribution < -0.4 is 0 Å². The number of hydrogen-bond donors (Lipinski definition) is 1. The second-order valence-corrected chi connectivity index (χ2v) is 2.94. The van der Waals surface area contributed by atoms with Gasteiger partial charge in [0, 0.05) is 16.0 Å². The summed E-state index contributed by atoms with van der Waals surface area (Å²) in [6.45, 7) is 0. The number of carboxylic acid groups (broad SMARTS) is 1. The van der Waals surface area contributed by atoms with E-state index < -0.39 is 5.97 Å². The van der Waals surface area contributed by atoms with E-state index in [1.54, 1.807) is 12.3 Å². The van der Waals surface area contributed by atoms with Gasteiger partial charge >= 0.3 is 5.97 Å². The van der Waals surface area contributed by atoms with Gasteiger partial charge in [0.25, 0.3) is 0 Å². The van der Waals surface area contributed by atoms with E-state index in [-0.39, 0.29) is 5.56 Å². The molecule has 1 heterocycles. The molecule has 0 amide bonds. The lowest BCUT2D eigenvalue weighted by molar-refractivity contribution is 0.0696. The summed E-state index contributed by atoms with van der Waals surface area (Å²) in [5, 5.41) is 8.47. The molecule has 0 unspecified atom stereocenters. The number of pyridine rings is 1. The molecule has 0 spiro atoms. The summed E-state index contributed by atoms with van der Waals surface area (Å²) in [5.41, 5.74) is 0.229. The van der Waals surface area contributed by atoms with E-state index >= 15 is 0 Å². The van der Waals surface area contributed by atoms with E-state index in [0.717, 1.165) is 3.57 Å². The Morgan fingerprint density at radius 3 is 2.70 bits per heavy atom. The minimum Gasteiger partial charge on any atom is -0.478 e. The van der Waals surface area contributed by atoms with Crippen molar-refractivity contribution in [2.75, 3.05) is 0 Å². The van der Waals surface area contributed by atoms with Crippen LogP contribution in [0.15, 0.2) is 18.5 Å². The van der Waals surface area contributed by atoms with Crippen LogP contribution >= 0.6 is 22.6 Å². The van der Waals surface area contributed by atoms with E-state index in [4.69, 9.17) is 5.11 Å². The van der Waals surface area contributed by atoms with Gasteiger partial charge in [0.15, 0.2) is 0 Å². The normalized spacial score (nSPS) is 9.30. The van der Waals surface area contributed by atoms with Crippen molar-refractivity contribution >= 4 is 28.6 Å². The monoisotopic (exact) mass is 253 g/mol. The van der Waals surface area contributed by atoms with Gasteiger partial charge in [-0.3, -0.25) is 4.98 Å². The lowest BCUT2D eigenvalue weighted by Gasteiger charge is -1.91. The highest BCUT2D eigenvalue weighted by Gasteiger charge is 2.01. The van der Waals surface area contributed by atoms with Gasteiger partial charge in [0.05, 0.1) is 5.56 Å². The minimum absolute atomic E-state index is 0.229. The second-order valence-electron chi connectivity index (χ2n) is 1.70. The van der Waals surface area contributed by atoms with Gasteiger partial charge in [-0.1, -0.05) is 0 Å². The van der Waals surface area contributed by atoms with E-state index in [2.05, 4.69) is 4.98 Å².